The Morgan fingerprint density at radius 3 is 1.09 bits per heavy atom. The monoisotopic (exact) mass is 310 g/mol. The Morgan fingerprint density at radius 1 is 0.591 bits per heavy atom. The normalized spacial score (nSPS) is 12.7. The molecule has 0 heterocycles. The highest BCUT2D eigenvalue weighted by Gasteiger charge is 2.16. The molecule has 0 saturated carbocycles. The maximum Gasteiger partial charge on any atom is 0.145 e. The average molecular weight is 310 g/mol. The van der Waals surface area contributed by atoms with Crippen molar-refractivity contribution in [2.45, 2.75) is 52.4 Å². The predicted molar refractivity (Wildman–Crippen MR) is 105 cm³/mol. The molecule has 2 aromatic carbocycles. The molecule has 0 aliphatic heterocycles. The molecule has 0 nitrogen and oxygen atoms in total. The van der Waals surface area contributed by atoms with Crippen LogP contribution in [0.1, 0.15) is 52.7 Å². The van der Waals surface area contributed by atoms with E-state index in [1.54, 1.807) is 0 Å². The Bertz CT molecular complexity index is 555. The van der Waals surface area contributed by atoms with Crippen LogP contribution in [-0.2, 0) is 10.8 Å². The molecule has 0 spiro atoms. The van der Waals surface area contributed by atoms with Crippen molar-refractivity contribution in [1.82, 2.24) is 0 Å². The fraction of sp³-hybridized carbons (Fsp3) is 0.400. The van der Waals surface area contributed by atoms with Gasteiger partial charge in [0.1, 0.15) is 7.57 Å². The molecule has 2 aromatic rings. The molecule has 0 radical (unpaired) electrons. The molecule has 0 unspecified atom stereocenters. The van der Waals surface area contributed by atoms with Crippen molar-refractivity contribution in [3.63, 3.8) is 0 Å². The van der Waals surface area contributed by atoms with Crippen LogP contribution in [-0.4, -0.2) is 7.57 Å². The first-order valence-corrected chi connectivity index (χ1v) is 9.83. The van der Waals surface area contributed by atoms with Crippen LogP contribution in [0.2, 0.25) is 0 Å². The first-order chi connectivity index (χ1) is 10.1. The van der Waals surface area contributed by atoms with E-state index >= 15 is 0 Å². The maximum absolute atomic E-state index is 2.35. The van der Waals surface area contributed by atoms with Gasteiger partial charge >= 0.3 is 0 Å². The minimum absolute atomic E-state index is 0.226. The number of hydrogen-bond acceptors (Lipinski definition) is 0. The molecule has 2 rings (SSSR count). The summed E-state index contributed by atoms with van der Waals surface area (Å²) < 4.78 is 0. The summed E-state index contributed by atoms with van der Waals surface area (Å²) in [6, 6.07) is 18.4. The summed E-state index contributed by atoms with van der Waals surface area (Å²) in [6.45, 7) is 13.6. The van der Waals surface area contributed by atoms with E-state index in [-0.39, 0.29) is 18.6 Å². The van der Waals surface area contributed by atoms with Gasteiger partial charge in [-0.25, -0.2) is 0 Å². The zero-order valence-corrected chi connectivity index (χ0v) is 16.0. The van der Waals surface area contributed by atoms with Gasteiger partial charge in [0.25, 0.3) is 0 Å². The van der Waals surface area contributed by atoms with Crippen LogP contribution in [0.15, 0.2) is 48.5 Å². The Hall–Kier alpha value is -1.07. The molecule has 2 heteroatoms. The second kappa shape index (κ2) is 6.21. The Labute approximate surface area is 138 Å². The van der Waals surface area contributed by atoms with Gasteiger partial charge in [-0.3, -0.25) is 0 Å². The van der Waals surface area contributed by atoms with Crippen molar-refractivity contribution >= 4 is 26.0 Å². The average Bonchev–Trinajstić information content (AvgIpc) is 2.45. The predicted octanol–water partition coefficient (Wildman–Crippen LogP) is 4.26. The summed E-state index contributed by atoms with van der Waals surface area (Å²) >= 11 is 0. The van der Waals surface area contributed by atoms with E-state index in [2.05, 4.69) is 97.6 Å². The second-order valence-electron chi connectivity index (χ2n) is 8.15. The van der Waals surface area contributed by atoms with Crippen LogP contribution in [0.25, 0.3) is 0 Å². The number of benzene rings is 2. The third-order valence-electron chi connectivity index (χ3n) is 4.24. The van der Waals surface area contributed by atoms with Crippen LogP contribution in [0.4, 0.5) is 0 Å². The van der Waals surface area contributed by atoms with Gasteiger partial charge in [0.15, 0.2) is 0 Å². The van der Waals surface area contributed by atoms with E-state index in [0.717, 1.165) is 0 Å². The summed E-state index contributed by atoms with van der Waals surface area (Å²) in [7, 11) is 2.09. The largest absolute Gasteiger partial charge is 0.145 e. The molecule has 0 bridgehead atoms. The van der Waals surface area contributed by atoms with Crippen molar-refractivity contribution in [3.8, 4) is 0 Å². The lowest BCUT2D eigenvalue weighted by Crippen LogP contribution is -2.16. The van der Waals surface area contributed by atoms with E-state index in [9.17, 15) is 0 Å². The van der Waals surface area contributed by atoms with Gasteiger partial charge in [0.2, 0.25) is 0 Å². The summed E-state index contributed by atoms with van der Waals surface area (Å²) in [5, 5.41) is 2.90. The lowest BCUT2D eigenvalue weighted by Gasteiger charge is -2.22. The van der Waals surface area contributed by atoms with Gasteiger partial charge in [0.05, 0.1) is 0 Å². The van der Waals surface area contributed by atoms with Crippen molar-refractivity contribution in [2.24, 2.45) is 0 Å². The third kappa shape index (κ3) is 4.02. The lowest BCUT2D eigenvalue weighted by atomic mass is 9.87. The second-order valence-corrected chi connectivity index (χ2v) is 10.3. The highest BCUT2D eigenvalue weighted by Crippen LogP contribution is 2.30. The van der Waals surface area contributed by atoms with E-state index in [4.69, 9.17) is 0 Å². The van der Waals surface area contributed by atoms with Crippen LogP contribution in [0, 0.1) is 0 Å². The maximum atomic E-state index is 2.35. The first-order valence-electron chi connectivity index (χ1n) is 8.04. The summed E-state index contributed by atoms with van der Waals surface area (Å²) in [5.41, 5.74) is 3.26. The molecule has 0 fully saturated rings. The Kier molecular flexibility index (Phi) is 4.88. The molecular formula is C20H28BP. The van der Waals surface area contributed by atoms with Gasteiger partial charge in [0, 0.05) is 0 Å². The van der Waals surface area contributed by atoms with Gasteiger partial charge in [-0.2, -0.15) is 0 Å². The zero-order valence-electron chi connectivity index (χ0n) is 15.1. The summed E-state index contributed by atoms with van der Waals surface area (Å²) in [4.78, 5) is 0. The molecule has 0 aromatic heterocycles. The van der Waals surface area contributed by atoms with Crippen LogP contribution in [0.3, 0.4) is 0 Å². The minimum Gasteiger partial charge on any atom is -0.0883 e. The molecule has 0 N–H and O–H groups in total. The fourth-order valence-electron chi connectivity index (χ4n) is 2.52. The lowest BCUT2D eigenvalue weighted by molar-refractivity contribution is 0.590. The molecule has 0 amide bonds. The van der Waals surface area contributed by atoms with Crippen molar-refractivity contribution < 1.29 is 0 Å². The van der Waals surface area contributed by atoms with E-state index < -0.39 is 0 Å². The molecule has 0 aliphatic carbocycles. The van der Waals surface area contributed by atoms with Crippen LogP contribution < -0.4 is 10.6 Å². The van der Waals surface area contributed by atoms with Crippen molar-refractivity contribution in [3.05, 3.63) is 59.7 Å². The van der Waals surface area contributed by atoms with E-state index in [1.165, 1.54) is 21.7 Å². The number of rotatable bonds is 2. The SMILES string of the molecule is BP(c1ccc(C(C)(C)C)cc1)c1ccc(C(C)(C)C)cc1. The van der Waals surface area contributed by atoms with Crippen LogP contribution >= 0.6 is 7.80 Å². The van der Waals surface area contributed by atoms with E-state index in [0.29, 0.717) is 0 Å². The molecule has 0 atom stereocenters. The molecule has 0 aliphatic rings. The minimum atomic E-state index is -0.267. The molecular weight excluding hydrogens is 282 g/mol. The van der Waals surface area contributed by atoms with Gasteiger partial charge in [-0.15, -0.1) is 0 Å². The van der Waals surface area contributed by atoms with E-state index in [1.807, 2.05) is 0 Å². The number of hydrogen-bond donors (Lipinski definition) is 0. The Morgan fingerprint density at radius 2 is 0.864 bits per heavy atom. The zero-order chi connectivity index (χ0) is 16.5. The Balaban J connectivity index is 2.23. The first kappa shape index (κ1) is 17.3. The molecule has 22 heavy (non-hydrogen) atoms. The van der Waals surface area contributed by atoms with Gasteiger partial charge in [-0.1, -0.05) is 97.9 Å². The fourth-order valence-corrected chi connectivity index (χ4v) is 4.01. The van der Waals surface area contributed by atoms with Crippen LogP contribution in [0.5, 0.6) is 0 Å². The summed E-state index contributed by atoms with van der Waals surface area (Å²) in [6.07, 6.45) is 0. The van der Waals surface area contributed by atoms with Gasteiger partial charge < -0.3 is 0 Å². The molecule has 0 saturated heterocycles. The van der Waals surface area contributed by atoms with Gasteiger partial charge in [-0.05, 0) is 32.6 Å². The highest BCUT2D eigenvalue weighted by molar-refractivity contribution is 7.94. The molecule has 116 valence electrons. The highest BCUT2D eigenvalue weighted by atomic mass is 31.1. The quantitative estimate of drug-likeness (QED) is 0.574. The van der Waals surface area contributed by atoms with Crippen molar-refractivity contribution in [1.29, 1.82) is 0 Å². The standard InChI is InChI=1S/C20H28BP/c1-19(2,3)15-7-11-17(12-8-15)22(21)18-13-9-16(10-14-18)20(4,5)6/h7-14H,21H2,1-6H3. The topological polar surface area (TPSA) is 0 Å². The summed E-state index contributed by atoms with van der Waals surface area (Å²) in [5.74, 6) is 0. The third-order valence-corrected chi connectivity index (χ3v) is 6.39. The smallest absolute Gasteiger partial charge is 0.0883 e. The van der Waals surface area contributed by atoms with Crippen molar-refractivity contribution in [2.75, 3.05) is 0 Å².